The van der Waals surface area contributed by atoms with E-state index in [2.05, 4.69) is 31.4 Å². The Morgan fingerprint density at radius 2 is 1.09 bits per heavy atom. The SMILES string of the molecule is C=C/C=C(\NC(C)=O)C(=O)OC.COC(=O)C(=CC=C/C=C(\NC(C)=O)C(=O)OC)CC(C)=O. The van der Waals surface area contributed by atoms with Crippen LogP contribution in [0.2, 0.25) is 0 Å². The lowest BCUT2D eigenvalue weighted by molar-refractivity contribution is -0.138. The number of carbonyl (C=O) groups excluding carboxylic acids is 6. The summed E-state index contributed by atoms with van der Waals surface area (Å²) in [6, 6.07) is 0. The summed E-state index contributed by atoms with van der Waals surface area (Å²) >= 11 is 0. The Labute approximate surface area is 198 Å². The highest BCUT2D eigenvalue weighted by Gasteiger charge is 2.11. The molecule has 0 aromatic carbocycles. The fourth-order valence-electron chi connectivity index (χ4n) is 1.96. The lowest BCUT2D eigenvalue weighted by Gasteiger charge is -2.04. The number of methoxy groups -OCH3 is 3. The molecule has 0 aliphatic heterocycles. The standard InChI is InChI=1S/C15H19NO6.C8H11NO3/c1-10(17)9-12(14(19)21-3)7-5-6-8-13(15(20)22-4)16-11(2)18;1-4-5-7(8(11)12-3)9-6(2)10/h5-8H,9H2,1-4H3,(H,16,18);4-5H,1H2,2-3H3,(H,9,10)/b6-5?,12-7?,13-8-;7-5-. The Morgan fingerprint density at radius 3 is 1.44 bits per heavy atom. The molecule has 0 heterocycles. The number of amides is 2. The molecule has 0 aromatic heterocycles. The molecular weight excluding hydrogens is 448 g/mol. The second-order valence-electron chi connectivity index (χ2n) is 6.19. The minimum Gasteiger partial charge on any atom is -0.466 e. The van der Waals surface area contributed by atoms with Crippen molar-refractivity contribution in [3.8, 4) is 0 Å². The van der Waals surface area contributed by atoms with Crippen LogP contribution in [-0.4, -0.2) is 56.8 Å². The second kappa shape index (κ2) is 18.3. The molecule has 11 heteroatoms. The summed E-state index contributed by atoms with van der Waals surface area (Å²) in [6.45, 7) is 7.30. The quantitative estimate of drug-likeness (QED) is 0.204. The molecule has 0 bridgehead atoms. The summed E-state index contributed by atoms with van der Waals surface area (Å²) in [6.07, 6.45) is 8.27. The van der Waals surface area contributed by atoms with E-state index in [1.807, 2.05) is 0 Å². The molecule has 2 N–H and O–H groups in total. The van der Waals surface area contributed by atoms with E-state index in [1.54, 1.807) is 0 Å². The van der Waals surface area contributed by atoms with E-state index in [4.69, 9.17) is 0 Å². The van der Waals surface area contributed by atoms with Crippen LogP contribution in [-0.2, 0) is 43.0 Å². The van der Waals surface area contributed by atoms with Gasteiger partial charge in [-0.2, -0.15) is 0 Å². The summed E-state index contributed by atoms with van der Waals surface area (Å²) in [4.78, 5) is 66.3. The van der Waals surface area contributed by atoms with Crippen molar-refractivity contribution in [1.82, 2.24) is 10.6 Å². The number of ether oxygens (including phenoxy) is 3. The zero-order valence-electron chi connectivity index (χ0n) is 20.1. The number of hydrogen-bond donors (Lipinski definition) is 2. The van der Waals surface area contributed by atoms with Gasteiger partial charge in [0, 0.05) is 25.8 Å². The Balaban J connectivity index is 0. The third-order valence-corrected chi connectivity index (χ3v) is 3.27. The van der Waals surface area contributed by atoms with Crippen LogP contribution in [0.1, 0.15) is 27.2 Å². The second-order valence-corrected chi connectivity index (χ2v) is 6.19. The van der Waals surface area contributed by atoms with E-state index < -0.39 is 23.8 Å². The molecule has 186 valence electrons. The van der Waals surface area contributed by atoms with E-state index in [0.717, 1.165) is 0 Å². The van der Waals surface area contributed by atoms with Crippen molar-refractivity contribution in [2.24, 2.45) is 0 Å². The molecule has 0 fully saturated rings. The van der Waals surface area contributed by atoms with Crippen LogP contribution in [0.15, 0.2) is 60.0 Å². The van der Waals surface area contributed by atoms with Crippen molar-refractivity contribution in [2.75, 3.05) is 21.3 Å². The summed E-state index contributed by atoms with van der Waals surface area (Å²) in [5.41, 5.74) is 0.213. The molecule has 0 spiro atoms. The highest BCUT2D eigenvalue weighted by atomic mass is 16.5. The van der Waals surface area contributed by atoms with Crippen LogP contribution in [0.3, 0.4) is 0 Å². The molecule has 0 atom stereocenters. The number of allylic oxidation sites excluding steroid dienone is 6. The van der Waals surface area contributed by atoms with E-state index >= 15 is 0 Å². The van der Waals surface area contributed by atoms with Crippen molar-refractivity contribution < 1.29 is 43.0 Å². The number of ketones is 1. The fourth-order valence-corrected chi connectivity index (χ4v) is 1.96. The highest BCUT2D eigenvalue weighted by molar-refractivity contribution is 5.96. The number of nitrogens with one attached hydrogen (secondary N) is 2. The van der Waals surface area contributed by atoms with Crippen molar-refractivity contribution >= 4 is 35.5 Å². The molecular formula is C23H30N2O9. The zero-order valence-corrected chi connectivity index (χ0v) is 20.1. The van der Waals surface area contributed by atoms with Crippen molar-refractivity contribution in [3.05, 3.63) is 60.0 Å². The first-order valence-electron chi connectivity index (χ1n) is 9.63. The molecule has 0 rings (SSSR count). The number of rotatable bonds is 10. The van der Waals surface area contributed by atoms with Crippen LogP contribution in [0, 0.1) is 0 Å². The maximum absolute atomic E-state index is 11.5. The number of hydrogen-bond acceptors (Lipinski definition) is 9. The topological polar surface area (TPSA) is 154 Å². The lowest BCUT2D eigenvalue weighted by atomic mass is 10.1. The molecule has 0 saturated carbocycles. The van der Waals surface area contributed by atoms with Crippen LogP contribution in [0.25, 0.3) is 0 Å². The largest absolute Gasteiger partial charge is 0.466 e. The predicted octanol–water partition coefficient (Wildman–Crippen LogP) is 1.18. The third kappa shape index (κ3) is 15.5. The Bertz CT molecular complexity index is 861. The summed E-state index contributed by atoms with van der Waals surface area (Å²) in [5.74, 6) is -2.85. The molecule has 2 amide bonds. The van der Waals surface area contributed by atoms with Gasteiger partial charge in [-0.15, -0.1) is 0 Å². The first-order valence-corrected chi connectivity index (χ1v) is 9.63. The van der Waals surface area contributed by atoms with Gasteiger partial charge in [-0.1, -0.05) is 30.9 Å². The Hall–Kier alpha value is -4.28. The first-order chi connectivity index (χ1) is 15.9. The van der Waals surface area contributed by atoms with E-state index in [1.165, 1.54) is 78.6 Å². The van der Waals surface area contributed by atoms with Gasteiger partial charge < -0.3 is 24.8 Å². The zero-order chi connectivity index (χ0) is 26.7. The van der Waals surface area contributed by atoms with Crippen LogP contribution in [0.4, 0.5) is 0 Å². The van der Waals surface area contributed by atoms with Gasteiger partial charge in [0.15, 0.2) is 0 Å². The molecule has 0 aromatic rings. The molecule has 34 heavy (non-hydrogen) atoms. The van der Waals surface area contributed by atoms with Gasteiger partial charge in [-0.05, 0) is 19.1 Å². The maximum Gasteiger partial charge on any atom is 0.354 e. The molecule has 11 nitrogen and oxygen atoms in total. The van der Waals surface area contributed by atoms with Gasteiger partial charge in [0.05, 0.1) is 21.3 Å². The van der Waals surface area contributed by atoms with Crippen molar-refractivity contribution in [1.29, 1.82) is 0 Å². The monoisotopic (exact) mass is 478 g/mol. The maximum atomic E-state index is 11.5. The molecule has 0 unspecified atom stereocenters. The van der Waals surface area contributed by atoms with E-state index in [0.29, 0.717) is 0 Å². The first kappa shape index (κ1) is 31.9. The van der Waals surface area contributed by atoms with Crippen molar-refractivity contribution in [2.45, 2.75) is 27.2 Å². The van der Waals surface area contributed by atoms with Crippen molar-refractivity contribution in [3.63, 3.8) is 0 Å². The highest BCUT2D eigenvalue weighted by Crippen LogP contribution is 2.05. The third-order valence-electron chi connectivity index (χ3n) is 3.27. The smallest absolute Gasteiger partial charge is 0.354 e. The van der Waals surface area contributed by atoms with Crippen LogP contribution in [0.5, 0.6) is 0 Å². The fraction of sp³-hybridized carbons (Fsp3) is 0.304. The minimum atomic E-state index is -0.708. The Morgan fingerprint density at radius 1 is 0.676 bits per heavy atom. The average molecular weight is 478 g/mol. The predicted molar refractivity (Wildman–Crippen MR) is 123 cm³/mol. The normalized spacial score (nSPS) is 11.4. The average Bonchev–Trinajstić information content (AvgIpc) is 2.77. The summed E-state index contributed by atoms with van der Waals surface area (Å²) in [5, 5.41) is 4.62. The van der Waals surface area contributed by atoms with Gasteiger partial charge >= 0.3 is 17.9 Å². The van der Waals surface area contributed by atoms with E-state index in [9.17, 15) is 28.8 Å². The number of carbonyl (C=O) groups is 6. The minimum absolute atomic E-state index is 0.0502. The molecule has 0 radical (unpaired) electrons. The van der Waals surface area contributed by atoms with Gasteiger partial charge in [-0.25, -0.2) is 14.4 Å². The van der Waals surface area contributed by atoms with Gasteiger partial charge in [0.2, 0.25) is 11.8 Å². The number of Topliss-reactive ketones (excluding diaryl/α,β-unsaturated/α-hetero) is 1. The molecule has 0 aliphatic rings. The van der Waals surface area contributed by atoms with Gasteiger partial charge in [-0.3, -0.25) is 14.4 Å². The summed E-state index contributed by atoms with van der Waals surface area (Å²) in [7, 11) is 3.64. The van der Waals surface area contributed by atoms with E-state index in [-0.39, 0.29) is 35.1 Å². The summed E-state index contributed by atoms with van der Waals surface area (Å²) < 4.78 is 13.5. The van der Waals surface area contributed by atoms with Crippen LogP contribution < -0.4 is 10.6 Å². The molecule has 0 saturated heterocycles. The van der Waals surface area contributed by atoms with Gasteiger partial charge in [0.25, 0.3) is 0 Å². The number of esters is 3. The van der Waals surface area contributed by atoms with Crippen LogP contribution >= 0.6 is 0 Å². The Kier molecular flexibility index (Phi) is 17.2. The van der Waals surface area contributed by atoms with Gasteiger partial charge in [0.1, 0.15) is 17.2 Å². The molecule has 0 aliphatic carbocycles. The lowest BCUT2D eigenvalue weighted by Crippen LogP contribution is -2.25.